The third-order valence-electron chi connectivity index (χ3n) is 4.41. The van der Waals surface area contributed by atoms with E-state index in [1.165, 1.54) is 37.2 Å². The van der Waals surface area contributed by atoms with E-state index in [1.54, 1.807) is 0 Å². The minimum Gasteiger partial charge on any atom is -0.381 e. The van der Waals surface area contributed by atoms with Gasteiger partial charge in [0.2, 0.25) is 0 Å². The van der Waals surface area contributed by atoms with Crippen molar-refractivity contribution in [2.45, 2.75) is 58.5 Å². The molecule has 1 heterocycles. The van der Waals surface area contributed by atoms with Crippen LogP contribution in [0.25, 0.3) is 0 Å². The van der Waals surface area contributed by atoms with E-state index in [4.69, 9.17) is 0 Å². The van der Waals surface area contributed by atoms with Gasteiger partial charge in [-0.2, -0.15) is 0 Å². The van der Waals surface area contributed by atoms with Crippen LogP contribution in [-0.4, -0.2) is 30.1 Å². The first-order chi connectivity index (χ1) is 9.10. The van der Waals surface area contributed by atoms with Gasteiger partial charge in [-0.15, -0.1) is 0 Å². The van der Waals surface area contributed by atoms with Crippen molar-refractivity contribution in [3.05, 3.63) is 29.8 Å². The highest BCUT2D eigenvalue weighted by molar-refractivity contribution is 5.46. The number of hydrogen-bond donors (Lipinski definition) is 1. The average molecular weight is 260 g/mol. The predicted octanol–water partition coefficient (Wildman–Crippen LogP) is 4.09. The van der Waals surface area contributed by atoms with Gasteiger partial charge in [-0.05, 0) is 50.3 Å². The smallest absolute Gasteiger partial charge is 0.0400 e. The van der Waals surface area contributed by atoms with Crippen molar-refractivity contribution in [2.75, 3.05) is 18.4 Å². The van der Waals surface area contributed by atoms with Crippen LogP contribution in [0.5, 0.6) is 0 Å². The SMILES string of the molecule is CCC(C)c1ccc(NC2CCN(C(C)C)C2)cc1. The molecule has 2 unspecified atom stereocenters. The van der Waals surface area contributed by atoms with E-state index >= 15 is 0 Å². The largest absolute Gasteiger partial charge is 0.381 e. The second kappa shape index (κ2) is 6.42. The van der Waals surface area contributed by atoms with E-state index in [0.717, 1.165) is 0 Å². The Balaban J connectivity index is 1.90. The number of likely N-dealkylation sites (tertiary alicyclic amines) is 1. The summed E-state index contributed by atoms with van der Waals surface area (Å²) in [4.78, 5) is 2.55. The molecule has 0 radical (unpaired) electrons. The van der Waals surface area contributed by atoms with E-state index in [-0.39, 0.29) is 0 Å². The van der Waals surface area contributed by atoms with Crippen LogP contribution in [0.2, 0.25) is 0 Å². The maximum atomic E-state index is 3.67. The fourth-order valence-corrected chi connectivity index (χ4v) is 2.75. The van der Waals surface area contributed by atoms with E-state index in [9.17, 15) is 0 Å². The molecule has 0 saturated carbocycles. The van der Waals surface area contributed by atoms with Crippen LogP contribution in [0.1, 0.15) is 52.0 Å². The molecule has 1 saturated heterocycles. The highest BCUT2D eigenvalue weighted by Gasteiger charge is 2.23. The first kappa shape index (κ1) is 14.4. The second-order valence-electron chi connectivity index (χ2n) is 6.15. The Hall–Kier alpha value is -1.02. The van der Waals surface area contributed by atoms with Crippen LogP contribution < -0.4 is 5.32 Å². The number of hydrogen-bond acceptors (Lipinski definition) is 2. The molecule has 0 aromatic heterocycles. The van der Waals surface area contributed by atoms with E-state index < -0.39 is 0 Å². The molecule has 0 bridgehead atoms. The number of rotatable bonds is 5. The Kier molecular flexibility index (Phi) is 4.87. The molecule has 1 fully saturated rings. The molecule has 1 aromatic rings. The second-order valence-corrected chi connectivity index (χ2v) is 6.15. The fraction of sp³-hybridized carbons (Fsp3) is 0.647. The Bertz CT molecular complexity index is 383. The van der Waals surface area contributed by atoms with Gasteiger partial charge in [0.15, 0.2) is 0 Å². The summed E-state index contributed by atoms with van der Waals surface area (Å²) in [7, 11) is 0. The third-order valence-corrected chi connectivity index (χ3v) is 4.41. The van der Waals surface area contributed by atoms with Gasteiger partial charge in [0, 0.05) is 30.9 Å². The third kappa shape index (κ3) is 3.73. The molecule has 1 aromatic carbocycles. The van der Waals surface area contributed by atoms with Gasteiger partial charge in [-0.1, -0.05) is 26.0 Å². The Morgan fingerprint density at radius 1 is 1.21 bits per heavy atom. The molecular weight excluding hydrogens is 232 g/mol. The van der Waals surface area contributed by atoms with E-state index in [1.807, 2.05) is 0 Å². The van der Waals surface area contributed by atoms with Gasteiger partial charge < -0.3 is 5.32 Å². The van der Waals surface area contributed by atoms with Crippen molar-refractivity contribution in [2.24, 2.45) is 0 Å². The van der Waals surface area contributed by atoms with Crippen LogP contribution in [0, 0.1) is 0 Å². The maximum Gasteiger partial charge on any atom is 0.0400 e. The molecule has 106 valence electrons. The van der Waals surface area contributed by atoms with E-state index in [2.05, 4.69) is 62.2 Å². The Labute approximate surface area is 118 Å². The normalized spacial score (nSPS) is 21.8. The summed E-state index contributed by atoms with van der Waals surface area (Å²) in [5, 5.41) is 3.67. The molecule has 1 aliphatic rings. The number of anilines is 1. The number of nitrogens with zero attached hydrogens (tertiary/aromatic N) is 1. The van der Waals surface area contributed by atoms with Gasteiger partial charge in [0.05, 0.1) is 0 Å². The molecule has 19 heavy (non-hydrogen) atoms. The molecule has 2 heteroatoms. The molecule has 2 nitrogen and oxygen atoms in total. The molecule has 2 rings (SSSR count). The Morgan fingerprint density at radius 2 is 1.89 bits per heavy atom. The molecule has 1 N–H and O–H groups in total. The molecular formula is C17H28N2. The summed E-state index contributed by atoms with van der Waals surface area (Å²) >= 11 is 0. The van der Waals surface area contributed by atoms with Gasteiger partial charge in [-0.3, -0.25) is 4.90 Å². The van der Waals surface area contributed by atoms with Gasteiger partial charge in [0.1, 0.15) is 0 Å². The van der Waals surface area contributed by atoms with Crippen LogP contribution in [0.4, 0.5) is 5.69 Å². The monoisotopic (exact) mass is 260 g/mol. The standard InChI is InChI=1S/C17H28N2/c1-5-14(4)15-6-8-16(9-7-15)18-17-10-11-19(12-17)13(2)3/h6-9,13-14,17-18H,5,10-12H2,1-4H3. The lowest BCUT2D eigenvalue weighted by Crippen LogP contribution is -2.31. The van der Waals surface area contributed by atoms with Gasteiger partial charge in [0.25, 0.3) is 0 Å². The van der Waals surface area contributed by atoms with Crippen molar-refractivity contribution in [3.63, 3.8) is 0 Å². The molecule has 1 aliphatic heterocycles. The molecule has 0 aliphatic carbocycles. The number of nitrogens with one attached hydrogen (secondary N) is 1. The van der Waals surface area contributed by atoms with Crippen LogP contribution >= 0.6 is 0 Å². The predicted molar refractivity (Wildman–Crippen MR) is 83.9 cm³/mol. The summed E-state index contributed by atoms with van der Waals surface area (Å²) in [6.07, 6.45) is 2.46. The van der Waals surface area contributed by atoms with Crippen LogP contribution in [0.15, 0.2) is 24.3 Å². The first-order valence-corrected chi connectivity index (χ1v) is 7.70. The lowest BCUT2D eigenvalue weighted by Gasteiger charge is -2.21. The molecule has 2 atom stereocenters. The lowest BCUT2D eigenvalue weighted by molar-refractivity contribution is 0.274. The maximum absolute atomic E-state index is 3.67. The first-order valence-electron chi connectivity index (χ1n) is 7.70. The summed E-state index contributed by atoms with van der Waals surface area (Å²) < 4.78 is 0. The Morgan fingerprint density at radius 3 is 2.42 bits per heavy atom. The summed E-state index contributed by atoms with van der Waals surface area (Å²) in [5.74, 6) is 0.664. The highest BCUT2D eigenvalue weighted by Crippen LogP contribution is 2.22. The van der Waals surface area contributed by atoms with Crippen molar-refractivity contribution in [1.29, 1.82) is 0 Å². The van der Waals surface area contributed by atoms with Gasteiger partial charge >= 0.3 is 0 Å². The summed E-state index contributed by atoms with van der Waals surface area (Å²) in [6.45, 7) is 11.5. The zero-order chi connectivity index (χ0) is 13.8. The van der Waals surface area contributed by atoms with Crippen molar-refractivity contribution >= 4 is 5.69 Å². The molecule has 0 amide bonds. The number of benzene rings is 1. The zero-order valence-electron chi connectivity index (χ0n) is 12.8. The summed E-state index contributed by atoms with van der Waals surface area (Å²) in [6, 6.07) is 10.3. The van der Waals surface area contributed by atoms with E-state index in [0.29, 0.717) is 18.0 Å². The van der Waals surface area contributed by atoms with Crippen molar-refractivity contribution in [1.82, 2.24) is 4.90 Å². The van der Waals surface area contributed by atoms with Crippen molar-refractivity contribution in [3.8, 4) is 0 Å². The quantitative estimate of drug-likeness (QED) is 0.857. The van der Waals surface area contributed by atoms with Crippen LogP contribution in [-0.2, 0) is 0 Å². The minimum atomic E-state index is 0.608. The lowest BCUT2D eigenvalue weighted by atomic mass is 9.98. The van der Waals surface area contributed by atoms with Crippen LogP contribution in [0.3, 0.4) is 0 Å². The fourth-order valence-electron chi connectivity index (χ4n) is 2.75. The van der Waals surface area contributed by atoms with Gasteiger partial charge in [-0.25, -0.2) is 0 Å². The minimum absolute atomic E-state index is 0.608. The highest BCUT2D eigenvalue weighted by atomic mass is 15.2. The summed E-state index contributed by atoms with van der Waals surface area (Å²) in [5.41, 5.74) is 2.71. The molecule has 0 spiro atoms. The van der Waals surface area contributed by atoms with Crippen molar-refractivity contribution < 1.29 is 0 Å². The topological polar surface area (TPSA) is 15.3 Å². The zero-order valence-corrected chi connectivity index (χ0v) is 12.8. The average Bonchev–Trinajstić information content (AvgIpc) is 2.87.